The van der Waals surface area contributed by atoms with Gasteiger partial charge in [0.1, 0.15) is 5.75 Å². The van der Waals surface area contributed by atoms with E-state index in [1.807, 2.05) is 25.1 Å². The van der Waals surface area contributed by atoms with Gasteiger partial charge in [-0.15, -0.1) is 0 Å². The Bertz CT molecular complexity index is 397. The Morgan fingerprint density at radius 1 is 1.50 bits per heavy atom. The fraction of sp³-hybridized carbons (Fsp3) is 0.462. The van der Waals surface area contributed by atoms with Gasteiger partial charge in [-0.1, -0.05) is 13.0 Å². The lowest BCUT2D eigenvalue weighted by molar-refractivity contribution is -0.123. The van der Waals surface area contributed by atoms with E-state index in [-0.39, 0.29) is 12.5 Å². The summed E-state index contributed by atoms with van der Waals surface area (Å²) >= 11 is 3.42. The summed E-state index contributed by atoms with van der Waals surface area (Å²) in [5.74, 6) is 0.567. The highest BCUT2D eigenvalue weighted by Crippen LogP contribution is 2.26. The number of hydrogen-bond acceptors (Lipinski definition) is 3. The first-order valence-corrected chi connectivity index (χ1v) is 6.84. The van der Waals surface area contributed by atoms with E-state index in [9.17, 15) is 4.79 Å². The number of ether oxygens (including phenoxy) is 1. The standard InChI is InChI=1S/C13H19BrN2O2/c1-2-7-16-13(17)9-18-12-4-3-10(5-6-15)8-11(12)14/h3-4,8H,2,5-7,9,15H2,1H3,(H,16,17). The predicted molar refractivity (Wildman–Crippen MR) is 75.7 cm³/mol. The zero-order valence-corrected chi connectivity index (χ0v) is 12.1. The minimum atomic E-state index is -0.102. The van der Waals surface area contributed by atoms with Crippen LogP contribution in [-0.4, -0.2) is 25.6 Å². The van der Waals surface area contributed by atoms with Crippen molar-refractivity contribution in [2.45, 2.75) is 19.8 Å². The van der Waals surface area contributed by atoms with Gasteiger partial charge in [-0.05, 0) is 53.0 Å². The van der Waals surface area contributed by atoms with Gasteiger partial charge in [0.2, 0.25) is 0 Å². The van der Waals surface area contributed by atoms with Gasteiger partial charge in [-0.3, -0.25) is 4.79 Å². The molecule has 0 aromatic heterocycles. The number of nitrogens with one attached hydrogen (secondary N) is 1. The molecule has 4 nitrogen and oxygen atoms in total. The van der Waals surface area contributed by atoms with Gasteiger partial charge in [0.15, 0.2) is 6.61 Å². The minimum Gasteiger partial charge on any atom is -0.483 e. The van der Waals surface area contributed by atoms with E-state index in [2.05, 4.69) is 21.2 Å². The monoisotopic (exact) mass is 314 g/mol. The Morgan fingerprint density at radius 3 is 2.89 bits per heavy atom. The molecule has 0 fully saturated rings. The van der Waals surface area contributed by atoms with Gasteiger partial charge in [0, 0.05) is 6.54 Å². The molecule has 1 aromatic rings. The first-order valence-electron chi connectivity index (χ1n) is 6.05. The normalized spacial score (nSPS) is 10.2. The molecule has 0 atom stereocenters. The lowest BCUT2D eigenvalue weighted by Crippen LogP contribution is -2.29. The Kier molecular flexibility index (Phi) is 6.75. The molecule has 1 rings (SSSR count). The van der Waals surface area contributed by atoms with Crippen molar-refractivity contribution in [1.29, 1.82) is 0 Å². The van der Waals surface area contributed by atoms with Gasteiger partial charge < -0.3 is 15.8 Å². The van der Waals surface area contributed by atoms with Crippen molar-refractivity contribution >= 4 is 21.8 Å². The topological polar surface area (TPSA) is 64.3 Å². The van der Waals surface area contributed by atoms with Crippen molar-refractivity contribution in [3.8, 4) is 5.75 Å². The molecule has 1 amide bonds. The molecule has 0 saturated heterocycles. The van der Waals surface area contributed by atoms with Crippen LogP contribution in [0.15, 0.2) is 22.7 Å². The second-order valence-electron chi connectivity index (χ2n) is 3.94. The summed E-state index contributed by atoms with van der Waals surface area (Å²) in [4.78, 5) is 11.4. The molecule has 0 saturated carbocycles. The molecule has 18 heavy (non-hydrogen) atoms. The summed E-state index contributed by atoms with van der Waals surface area (Å²) in [5, 5.41) is 2.76. The second kappa shape index (κ2) is 8.11. The first-order chi connectivity index (χ1) is 8.67. The molecule has 1 aromatic carbocycles. The van der Waals surface area contributed by atoms with Crippen molar-refractivity contribution in [2.24, 2.45) is 5.73 Å². The van der Waals surface area contributed by atoms with Crippen LogP contribution in [0.5, 0.6) is 5.75 Å². The molecule has 0 spiro atoms. The van der Waals surface area contributed by atoms with E-state index < -0.39 is 0 Å². The van der Waals surface area contributed by atoms with Gasteiger partial charge in [-0.25, -0.2) is 0 Å². The number of hydrogen-bond donors (Lipinski definition) is 2. The average Bonchev–Trinajstić information content (AvgIpc) is 2.35. The summed E-state index contributed by atoms with van der Waals surface area (Å²) in [7, 11) is 0. The third kappa shape index (κ3) is 5.06. The van der Waals surface area contributed by atoms with Crippen LogP contribution in [0.3, 0.4) is 0 Å². The van der Waals surface area contributed by atoms with Crippen molar-refractivity contribution in [1.82, 2.24) is 5.32 Å². The Morgan fingerprint density at radius 2 is 2.28 bits per heavy atom. The number of halogens is 1. The van der Waals surface area contributed by atoms with E-state index in [0.29, 0.717) is 18.8 Å². The van der Waals surface area contributed by atoms with Crippen molar-refractivity contribution in [3.05, 3.63) is 28.2 Å². The fourth-order valence-corrected chi connectivity index (χ4v) is 1.98. The van der Waals surface area contributed by atoms with Crippen molar-refractivity contribution in [2.75, 3.05) is 19.7 Å². The Balaban J connectivity index is 2.49. The zero-order chi connectivity index (χ0) is 13.4. The van der Waals surface area contributed by atoms with E-state index in [1.54, 1.807) is 0 Å². The highest BCUT2D eigenvalue weighted by atomic mass is 79.9. The molecule has 0 unspecified atom stereocenters. The quantitative estimate of drug-likeness (QED) is 0.807. The third-order valence-electron chi connectivity index (χ3n) is 2.36. The van der Waals surface area contributed by atoms with Crippen LogP contribution in [0.4, 0.5) is 0 Å². The number of nitrogens with two attached hydrogens (primary N) is 1. The van der Waals surface area contributed by atoms with Crippen molar-refractivity contribution in [3.63, 3.8) is 0 Å². The molecule has 0 aliphatic carbocycles. The molecular formula is C13H19BrN2O2. The summed E-state index contributed by atoms with van der Waals surface area (Å²) in [5.41, 5.74) is 6.64. The van der Waals surface area contributed by atoms with E-state index >= 15 is 0 Å². The van der Waals surface area contributed by atoms with Crippen LogP contribution in [0.1, 0.15) is 18.9 Å². The SMILES string of the molecule is CCCNC(=O)COc1ccc(CCN)cc1Br. The maximum absolute atomic E-state index is 11.4. The highest BCUT2D eigenvalue weighted by Gasteiger charge is 2.05. The van der Waals surface area contributed by atoms with Crippen LogP contribution >= 0.6 is 15.9 Å². The van der Waals surface area contributed by atoms with Crippen LogP contribution in [0.2, 0.25) is 0 Å². The smallest absolute Gasteiger partial charge is 0.257 e. The van der Waals surface area contributed by atoms with Crippen LogP contribution in [0.25, 0.3) is 0 Å². The summed E-state index contributed by atoms with van der Waals surface area (Å²) in [6.07, 6.45) is 1.75. The Hall–Kier alpha value is -1.07. The lowest BCUT2D eigenvalue weighted by atomic mass is 10.1. The van der Waals surface area contributed by atoms with Crippen LogP contribution in [0, 0.1) is 0 Å². The average molecular weight is 315 g/mol. The van der Waals surface area contributed by atoms with Gasteiger partial charge in [0.05, 0.1) is 4.47 Å². The van der Waals surface area contributed by atoms with Crippen LogP contribution in [-0.2, 0) is 11.2 Å². The van der Waals surface area contributed by atoms with Gasteiger partial charge in [0.25, 0.3) is 5.91 Å². The molecule has 0 radical (unpaired) electrons. The molecule has 3 N–H and O–H groups in total. The number of carbonyl (C=O) groups excluding carboxylic acids is 1. The molecule has 0 bridgehead atoms. The van der Waals surface area contributed by atoms with E-state index in [4.69, 9.17) is 10.5 Å². The lowest BCUT2D eigenvalue weighted by Gasteiger charge is -2.09. The number of carbonyl (C=O) groups is 1. The van der Waals surface area contributed by atoms with Gasteiger partial charge >= 0.3 is 0 Å². The molecule has 0 heterocycles. The number of benzene rings is 1. The molecule has 5 heteroatoms. The predicted octanol–water partition coefficient (Wildman–Crippen LogP) is 1.86. The van der Waals surface area contributed by atoms with E-state index in [0.717, 1.165) is 22.9 Å². The maximum atomic E-state index is 11.4. The summed E-state index contributed by atoms with van der Waals surface area (Å²) in [6, 6.07) is 5.77. The highest BCUT2D eigenvalue weighted by molar-refractivity contribution is 9.10. The first kappa shape index (κ1) is 15.0. The fourth-order valence-electron chi connectivity index (χ4n) is 1.44. The molecule has 100 valence electrons. The number of rotatable bonds is 7. The maximum Gasteiger partial charge on any atom is 0.257 e. The van der Waals surface area contributed by atoms with E-state index in [1.165, 1.54) is 0 Å². The molecule has 0 aliphatic heterocycles. The molecule has 0 aliphatic rings. The van der Waals surface area contributed by atoms with Crippen molar-refractivity contribution < 1.29 is 9.53 Å². The molecular weight excluding hydrogens is 296 g/mol. The minimum absolute atomic E-state index is 0.0365. The van der Waals surface area contributed by atoms with Crippen LogP contribution < -0.4 is 15.8 Å². The second-order valence-corrected chi connectivity index (χ2v) is 4.80. The summed E-state index contributed by atoms with van der Waals surface area (Å²) in [6.45, 7) is 3.34. The Labute approximate surface area is 116 Å². The third-order valence-corrected chi connectivity index (χ3v) is 2.98. The summed E-state index contributed by atoms with van der Waals surface area (Å²) < 4.78 is 6.28. The number of amides is 1. The van der Waals surface area contributed by atoms with Gasteiger partial charge in [-0.2, -0.15) is 0 Å². The zero-order valence-electron chi connectivity index (χ0n) is 10.5. The largest absolute Gasteiger partial charge is 0.483 e.